The van der Waals surface area contributed by atoms with E-state index in [2.05, 4.69) is 10.3 Å². The van der Waals surface area contributed by atoms with E-state index in [-0.39, 0.29) is 18.6 Å². The average molecular weight is 481 g/mol. The molecule has 4 rings (SSSR count). The summed E-state index contributed by atoms with van der Waals surface area (Å²) in [6, 6.07) is 13.6. The van der Waals surface area contributed by atoms with E-state index in [9.17, 15) is 18.0 Å². The number of rotatable bonds is 6. The molecular weight excluding hydrogens is 455 g/mol. The Morgan fingerprint density at radius 3 is 2.56 bits per heavy atom. The van der Waals surface area contributed by atoms with Crippen molar-refractivity contribution in [1.82, 2.24) is 9.88 Å². The van der Waals surface area contributed by atoms with Crippen molar-refractivity contribution in [2.45, 2.75) is 19.2 Å². The predicted molar refractivity (Wildman–Crippen MR) is 116 cm³/mol. The fourth-order valence-electron chi connectivity index (χ4n) is 3.86. The van der Waals surface area contributed by atoms with Gasteiger partial charge in [-0.15, -0.1) is 0 Å². The fraction of sp³-hybridized carbons (Fsp3) is 0.435. The number of ether oxygens (including phenoxy) is 2. The van der Waals surface area contributed by atoms with E-state index >= 15 is 0 Å². The Labute approximate surface area is 194 Å². The molecule has 2 aromatic rings. The highest BCUT2D eigenvalue weighted by Gasteiger charge is 2.45. The highest BCUT2D eigenvalue weighted by molar-refractivity contribution is 5.78. The van der Waals surface area contributed by atoms with Crippen LogP contribution in [0.4, 0.5) is 19.0 Å². The van der Waals surface area contributed by atoms with Crippen molar-refractivity contribution in [3.8, 4) is 5.75 Å². The van der Waals surface area contributed by atoms with Crippen LogP contribution >= 0.6 is 0 Å². The summed E-state index contributed by atoms with van der Waals surface area (Å²) in [7, 11) is 0. The molecule has 0 unspecified atom stereocenters. The molecule has 2 N–H and O–H groups in total. The number of fused-ring (bicyclic) bond motifs is 1. The van der Waals surface area contributed by atoms with Crippen molar-refractivity contribution in [2.24, 2.45) is 11.8 Å². The van der Waals surface area contributed by atoms with E-state index in [0.717, 1.165) is 36.8 Å². The van der Waals surface area contributed by atoms with Crippen LogP contribution in [0.5, 0.6) is 5.75 Å². The number of carboxylic acids is 1. The van der Waals surface area contributed by atoms with Crippen LogP contribution in [0.15, 0.2) is 48.7 Å². The normalized spacial score (nSPS) is 21.3. The van der Waals surface area contributed by atoms with Gasteiger partial charge in [-0.05, 0) is 30.7 Å². The molecule has 11 heteroatoms. The van der Waals surface area contributed by atoms with Gasteiger partial charge in [0.15, 0.2) is 6.61 Å². The summed E-state index contributed by atoms with van der Waals surface area (Å²) in [5.41, 5.74) is 1.03. The Morgan fingerprint density at radius 1 is 1.21 bits per heavy atom. The third-order valence-electron chi connectivity index (χ3n) is 5.69. The molecule has 0 aliphatic carbocycles. The van der Waals surface area contributed by atoms with Crippen molar-refractivity contribution in [3.63, 3.8) is 0 Å². The number of hydrogen-bond donors (Lipinski definition) is 2. The molecule has 0 radical (unpaired) electrons. The van der Waals surface area contributed by atoms with Crippen molar-refractivity contribution in [2.75, 3.05) is 38.2 Å². The summed E-state index contributed by atoms with van der Waals surface area (Å²) in [5.74, 6) is -0.353. The molecule has 1 aromatic carbocycles. The monoisotopic (exact) mass is 481 g/mol. The van der Waals surface area contributed by atoms with E-state index < -0.39 is 12.1 Å². The maximum Gasteiger partial charge on any atom is 0.490 e. The molecule has 2 fully saturated rings. The topological polar surface area (TPSA) is 101 Å². The first-order valence-corrected chi connectivity index (χ1v) is 10.7. The highest BCUT2D eigenvalue weighted by atomic mass is 19.4. The van der Waals surface area contributed by atoms with Gasteiger partial charge in [0.25, 0.3) is 5.91 Å². The van der Waals surface area contributed by atoms with Crippen molar-refractivity contribution in [3.05, 3.63) is 54.2 Å². The average Bonchev–Trinajstić information content (AvgIpc) is 3.39. The van der Waals surface area contributed by atoms with Crippen molar-refractivity contribution < 1.29 is 37.3 Å². The zero-order chi connectivity index (χ0) is 24.7. The number of likely N-dealkylation sites (tertiary alicyclic amines) is 1. The highest BCUT2D eigenvalue weighted by Crippen LogP contribution is 2.34. The molecule has 2 saturated heterocycles. The zero-order valence-corrected chi connectivity index (χ0v) is 18.5. The number of amides is 1. The molecule has 2 aliphatic heterocycles. The van der Waals surface area contributed by atoms with Crippen molar-refractivity contribution >= 4 is 17.7 Å². The van der Waals surface area contributed by atoms with Gasteiger partial charge >= 0.3 is 12.1 Å². The molecule has 184 valence electrons. The fourth-order valence-corrected chi connectivity index (χ4v) is 3.86. The minimum absolute atomic E-state index is 0.0210. The molecule has 1 amide bonds. The summed E-state index contributed by atoms with van der Waals surface area (Å²) in [5, 5.41) is 10.5. The Kier molecular flexibility index (Phi) is 8.32. The van der Waals surface area contributed by atoms with Gasteiger partial charge in [-0.3, -0.25) is 4.79 Å². The maximum absolute atomic E-state index is 12.6. The van der Waals surface area contributed by atoms with Gasteiger partial charge < -0.3 is 24.8 Å². The maximum atomic E-state index is 12.6. The van der Waals surface area contributed by atoms with E-state index in [0.29, 0.717) is 18.4 Å². The lowest BCUT2D eigenvalue weighted by Crippen LogP contribution is -2.35. The minimum Gasteiger partial charge on any atom is -0.484 e. The van der Waals surface area contributed by atoms with E-state index in [4.69, 9.17) is 19.4 Å². The second kappa shape index (κ2) is 11.2. The lowest BCUT2D eigenvalue weighted by molar-refractivity contribution is -0.192. The molecule has 0 bridgehead atoms. The number of nitrogens with one attached hydrogen (secondary N) is 1. The molecule has 3 heterocycles. The summed E-state index contributed by atoms with van der Waals surface area (Å²) < 4.78 is 43.4. The first-order valence-electron chi connectivity index (χ1n) is 10.7. The van der Waals surface area contributed by atoms with Gasteiger partial charge in [0.05, 0.1) is 12.7 Å². The Balaban J connectivity index is 0.000000406. The lowest BCUT2D eigenvalue weighted by atomic mass is 9.93. The molecule has 0 saturated carbocycles. The van der Waals surface area contributed by atoms with Crippen LogP contribution in [0.2, 0.25) is 0 Å². The minimum atomic E-state index is -5.08. The summed E-state index contributed by atoms with van der Waals surface area (Å²) in [4.78, 5) is 27.6. The number of halogens is 3. The molecule has 34 heavy (non-hydrogen) atoms. The third kappa shape index (κ3) is 6.83. The number of aryl methyl sites for hydroxylation is 1. The van der Waals surface area contributed by atoms with Crippen LogP contribution in [0.1, 0.15) is 5.56 Å². The largest absolute Gasteiger partial charge is 0.490 e. The summed E-state index contributed by atoms with van der Waals surface area (Å²) in [6.45, 7) is 4.97. The zero-order valence-electron chi connectivity index (χ0n) is 18.5. The van der Waals surface area contributed by atoms with Gasteiger partial charge in [0.2, 0.25) is 0 Å². The number of aromatic nitrogens is 1. The molecule has 1 aromatic heterocycles. The number of hydrogen-bond acceptors (Lipinski definition) is 6. The van der Waals surface area contributed by atoms with Crippen LogP contribution in [0.3, 0.4) is 0 Å². The number of aliphatic carboxylic acids is 1. The number of carboxylic acid groups (broad SMARTS) is 1. The van der Waals surface area contributed by atoms with E-state index in [1.54, 1.807) is 6.20 Å². The number of carbonyl (C=O) groups is 2. The van der Waals surface area contributed by atoms with Gasteiger partial charge in [-0.25, -0.2) is 9.78 Å². The van der Waals surface area contributed by atoms with E-state index in [1.807, 2.05) is 54.3 Å². The third-order valence-corrected chi connectivity index (χ3v) is 5.69. The second-order valence-corrected chi connectivity index (χ2v) is 8.05. The number of benzene rings is 1. The number of para-hydroxylation sites is 1. The van der Waals surface area contributed by atoms with Crippen LogP contribution in [-0.2, 0) is 14.3 Å². The Morgan fingerprint density at radius 2 is 1.91 bits per heavy atom. The predicted octanol–water partition coefficient (Wildman–Crippen LogP) is 2.99. The van der Waals surface area contributed by atoms with Crippen molar-refractivity contribution in [1.29, 1.82) is 0 Å². The van der Waals surface area contributed by atoms with Gasteiger partial charge in [-0.1, -0.05) is 24.3 Å². The van der Waals surface area contributed by atoms with Crippen LogP contribution < -0.4 is 10.1 Å². The Bertz CT molecular complexity index is 974. The number of alkyl halides is 3. The van der Waals surface area contributed by atoms with Crippen LogP contribution in [0, 0.1) is 18.8 Å². The molecule has 8 nitrogen and oxygen atoms in total. The smallest absolute Gasteiger partial charge is 0.484 e. The van der Waals surface area contributed by atoms with Gasteiger partial charge in [0, 0.05) is 37.7 Å². The molecule has 0 spiro atoms. The number of anilines is 1. The lowest BCUT2D eigenvalue weighted by Gasteiger charge is -2.20. The van der Waals surface area contributed by atoms with Crippen LogP contribution in [0.25, 0.3) is 0 Å². The second-order valence-electron chi connectivity index (χ2n) is 8.05. The van der Waals surface area contributed by atoms with Gasteiger partial charge in [0.1, 0.15) is 11.6 Å². The number of pyridine rings is 1. The quantitative estimate of drug-likeness (QED) is 0.654. The number of nitrogens with zero attached hydrogens (tertiary/aromatic N) is 2. The molecule has 3 atom stereocenters. The summed E-state index contributed by atoms with van der Waals surface area (Å²) >= 11 is 0. The SMILES string of the molecule is Cc1ccccc1OCC(=O)N1C[C@@H]2[C@@H](CNc3ccccn3)CO[C@@H]2C1.O=C(O)C(F)(F)F. The first-order chi connectivity index (χ1) is 16.1. The van der Waals surface area contributed by atoms with E-state index in [1.165, 1.54) is 0 Å². The Hall–Kier alpha value is -3.34. The molecule has 2 aliphatic rings. The number of carbonyl (C=O) groups excluding carboxylic acids is 1. The summed E-state index contributed by atoms with van der Waals surface area (Å²) in [6.07, 6.45) is -3.18. The first kappa shape index (κ1) is 25.3. The van der Waals surface area contributed by atoms with Crippen LogP contribution in [-0.4, -0.2) is 72.0 Å². The van der Waals surface area contributed by atoms with Gasteiger partial charge in [-0.2, -0.15) is 13.2 Å². The molecular formula is C23H26F3N3O5. The standard InChI is InChI=1S/C21H25N3O3.C2HF3O2/c1-15-6-2-3-7-18(15)27-14-21(25)24-11-17-16(13-26-19(17)12-24)10-23-20-8-4-5-9-22-20;3-2(4,5)1(6)7/h2-9,16-17,19H,10-14H2,1H3,(H,22,23);(H,6,7)/t16-,17+,19+;/m0./s1.